The predicted octanol–water partition coefficient (Wildman–Crippen LogP) is 3.00. The maximum Gasteiger partial charge on any atom is 0.251 e. The topological polar surface area (TPSA) is 75.3 Å². The van der Waals surface area contributed by atoms with E-state index in [9.17, 15) is 13.2 Å². The fourth-order valence-corrected chi connectivity index (χ4v) is 3.50. The molecule has 7 heteroatoms. The largest absolute Gasteiger partial charge is 0.352 e. The van der Waals surface area contributed by atoms with Crippen LogP contribution in [0.2, 0.25) is 5.02 Å². The second-order valence-electron chi connectivity index (χ2n) is 5.56. The van der Waals surface area contributed by atoms with Crippen LogP contribution in [0.5, 0.6) is 0 Å². The van der Waals surface area contributed by atoms with E-state index in [1.54, 1.807) is 24.3 Å². The molecule has 2 aromatic carbocycles. The van der Waals surface area contributed by atoms with Crippen molar-refractivity contribution in [1.82, 2.24) is 10.0 Å². The molecule has 0 heterocycles. The zero-order valence-electron chi connectivity index (χ0n) is 14.0. The molecule has 0 aromatic heterocycles. The Balaban J connectivity index is 1.97. The van der Waals surface area contributed by atoms with Crippen LogP contribution in [0, 0.1) is 0 Å². The molecule has 25 heavy (non-hydrogen) atoms. The minimum atomic E-state index is -3.59. The third kappa shape index (κ3) is 5.85. The van der Waals surface area contributed by atoms with E-state index in [1.807, 2.05) is 19.1 Å². The van der Waals surface area contributed by atoms with Crippen molar-refractivity contribution in [3.8, 4) is 0 Å². The standard InChI is InChI=1S/C18H21ClN2O3S/c1-2-11-21-25(23,24)17-5-3-4-15(13-17)18(22)20-12-10-14-6-8-16(19)9-7-14/h3-9,13,21H,2,10-12H2,1H3,(H,20,22). The number of carbonyl (C=O) groups excluding carboxylic acids is 1. The normalized spacial score (nSPS) is 11.3. The number of hydrogen-bond acceptors (Lipinski definition) is 3. The molecule has 0 saturated heterocycles. The summed E-state index contributed by atoms with van der Waals surface area (Å²) < 4.78 is 26.8. The van der Waals surface area contributed by atoms with Crippen molar-refractivity contribution < 1.29 is 13.2 Å². The zero-order chi connectivity index (χ0) is 18.3. The van der Waals surface area contributed by atoms with E-state index in [-0.39, 0.29) is 10.8 Å². The molecule has 0 spiro atoms. The van der Waals surface area contributed by atoms with Crippen LogP contribution in [0.15, 0.2) is 53.4 Å². The Kier molecular flexibility index (Phi) is 6.99. The summed E-state index contributed by atoms with van der Waals surface area (Å²) in [6, 6.07) is 13.4. The summed E-state index contributed by atoms with van der Waals surface area (Å²) in [4.78, 5) is 12.3. The molecule has 0 aliphatic carbocycles. The zero-order valence-corrected chi connectivity index (χ0v) is 15.5. The van der Waals surface area contributed by atoms with Gasteiger partial charge in [-0.05, 0) is 48.7 Å². The lowest BCUT2D eigenvalue weighted by Crippen LogP contribution is -2.27. The minimum Gasteiger partial charge on any atom is -0.352 e. The van der Waals surface area contributed by atoms with Gasteiger partial charge in [0.1, 0.15) is 0 Å². The fourth-order valence-electron chi connectivity index (χ4n) is 2.20. The Morgan fingerprint density at radius 2 is 1.80 bits per heavy atom. The van der Waals surface area contributed by atoms with Crippen LogP contribution in [-0.4, -0.2) is 27.4 Å². The van der Waals surface area contributed by atoms with Gasteiger partial charge in [-0.3, -0.25) is 4.79 Å². The summed E-state index contributed by atoms with van der Waals surface area (Å²) in [7, 11) is -3.59. The predicted molar refractivity (Wildman–Crippen MR) is 99.4 cm³/mol. The average molecular weight is 381 g/mol. The molecule has 0 unspecified atom stereocenters. The quantitative estimate of drug-likeness (QED) is 0.739. The first-order valence-electron chi connectivity index (χ1n) is 8.05. The van der Waals surface area contributed by atoms with Gasteiger partial charge >= 0.3 is 0 Å². The summed E-state index contributed by atoms with van der Waals surface area (Å²) in [5.41, 5.74) is 1.38. The molecule has 0 saturated carbocycles. The second kappa shape index (κ2) is 8.99. The molecule has 0 bridgehead atoms. The maximum absolute atomic E-state index is 12.2. The van der Waals surface area contributed by atoms with Crippen molar-refractivity contribution in [2.45, 2.75) is 24.7 Å². The number of halogens is 1. The smallest absolute Gasteiger partial charge is 0.251 e. The van der Waals surface area contributed by atoms with Gasteiger partial charge in [0.15, 0.2) is 0 Å². The van der Waals surface area contributed by atoms with E-state index >= 15 is 0 Å². The van der Waals surface area contributed by atoms with Gasteiger partial charge < -0.3 is 5.32 Å². The number of hydrogen-bond donors (Lipinski definition) is 2. The number of amides is 1. The van der Waals surface area contributed by atoms with Crippen LogP contribution < -0.4 is 10.0 Å². The summed E-state index contributed by atoms with van der Waals surface area (Å²) in [6.45, 7) is 2.69. The van der Waals surface area contributed by atoms with Crippen molar-refractivity contribution in [3.05, 3.63) is 64.7 Å². The SMILES string of the molecule is CCCNS(=O)(=O)c1cccc(C(=O)NCCc2ccc(Cl)cc2)c1. The van der Waals surface area contributed by atoms with Gasteiger partial charge in [-0.2, -0.15) is 0 Å². The molecule has 0 atom stereocenters. The second-order valence-corrected chi connectivity index (χ2v) is 7.76. The van der Waals surface area contributed by atoms with Gasteiger partial charge in [0, 0.05) is 23.7 Å². The summed E-state index contributed by atoms with van der Waals surface area (Å²) in [6.07, 6.45) is 1.36. The Labute approximate surface area is 153 Å². The molecule has 2 N–H and O–H groups in total. The van der Waals surface area contributed by atoms with Crippen molar-refractivity contribution >= 4 is 27.5 Å². The van der Waals surface area contributed by atoms with Crippen LogP contribution in [0.25, 0.3) is 0 Å². The van der Waals surface area contributed by atoms with Gasteiger partial charge in [-0.1, -0.05) is 36.7 Å². The Morgan fingerprint density at radius 1 is 1.08 bits per heavy atom. The molecule has 2 rings (SSSR count). The lowest BCUT2D eigenvalue weighted by molar-refractivity contribution is 0.0954. The molecule has 5 nitrogen and oxygen atoms in total. The van der Waals surface area contributed by atoms with E-state index in [1.165, 1.54) is 12.1 Å². The van der Waals surface area contributed by atoms with Gasteiger partial charge in [-0.15, -0.1) is 0 Å². The average Bonchev–Trinajstić information content (AvgIpc) is 2.61. The molecule has 0 fully saturated rings. The van der Waals surface area contributed by atoms with E-state index in [2.05, 4.69) is 10.0 Å². The molecule has 0 aliphatic heterocycles. The number of benzene rings is 2. The van der Waals surface area contributed by atoms with E-state index in [0.29, 0.717) is 36.5 Å². The summed E-state index contributed by atoms with van der Waals surface area (Å²) in [5.74, 6) is -0.304. The van der Waals surface area contributed by atoms with Gasteiger partial charge in [0.2, 0.25) is 10.0 Å². The molecular weight excluding hydrogens is 360 g/mol. The van der Waals surface area contributed by atoms with Crippen LogP contribution in [0.1, 0.15) is 29.3 Å². The van der Waals surface area contributed by atoms with Crippen molar-refractivity contribution in [2.75, 3.05) is 13.1 Å². The monoisotopic (exact) mass is 380 g/mol. The first-order chi connectivity index (χ1) is 11.9. The molecule has 134 valence electrons. The van der Waals surface area contributed by atoms with Gasteiger partial charge in [0.05, 0.1) is 4.90 Å². The van der Waals surface area contributed by atoms with Crippen molar-refractivity contribution in [2.24, 2.45) is 0 Å². The molecule has 0 radical (unpaired) electrons. The summed E-state index contributed by atoms with van der Waals surface area (Å²) >= 11 is 5.84. The van der Waals surface area contributed by atoms with Crippen molar-refractivity contribution in [1.29, 1.82) is 0 Å². The fraction of sp³-hybridized carbons (Fsp3) is 0.278. The Hall–Kier alpha value is -1.89. The summed E-state index contributed by atoms with van der Waals surface area (Å²) in [5, 5.41) is 3.47. The highest BCUT2D eigenvalue weighted by Gasteiger charge is 2.15. The highest BCUT2D eigenvalue weighted by Crippen LogP contribution is 2.12. The maximum atomic E-state index is 12.2. The first kappa shape index (κ1) is 19.4. The lowest BCUT2D eigenvalue weighted by Gasteiger charge is -2.09. The van der Waals surface area contributed by atoms with Gasteiger partial charge in [-0.25, -0.2) is 13.1 Å². The van der Waals surface area contributed by atoms with Crippen LogP contribution in [-0.2, 0) is 16.4 Å². The van der Waals surface area contributed by atoms with Crippen LogP contribution in [0.4, 0.5) is 0 Å². The van der Waals surface area contributed by atoms with E-state index < -0.39 is 10.0 Å². The third-order valence-corrected chi connectivity index (χ3v) is 5.27. The minimum absolute atomic E-state index is 0.0892. The number of sulfonamides is 1. The highest BCUT2D eigenvalue weighted by atomic mass is 35.5. The molecule has 0 aliphatic rings. The molecule has 2 aromatic rings. The lowest BCUT2D eigenvalue weighted by atomic mass is 10.1. The highest BCUT2D eigenvalue weighted by molar-refractivity contribution is 7.89. The Morgan fingerprint density at radius 3 is 2.48 bits per heavy atom. The number of rotatable bonds is 8. The van der Waals surface area contributed by atoms with Crippen molar-refractivity contribution in [3.63, 3.8) is 0 Å². The molecule has 1 amide bonds. The van der Waals surface area contributed by atoms with E-state index in [4.69, 9.17) is 11.6 Å². The van der Waals surface area contributed by atoms with E-state index in [0.717, 1.165) is 5.56 Å². The Bertz CT molecular complexity index is 820. The number of carbonyl (C=O) groups is 1. The third-order valence-electron chi connectivity index (χ3n) is 3.56. The molecular formula is C18H21ClN2O3S. The number of nitrogens with one attached hydrogen (secondary N) is 2. The first-order valence-corrected chi connectivity index (χ1v) is 9.91. The van der Waals surface area contributed by atoms with Crippen LogP contribution in [0.3, 0.4) is 0 Å². The van der Waals surface area contributed by atoms with Crippen LogP contribution >= 0.6 is 11.6 Å². The van der Waals surface area contributed by atoms with Gasteiger partial charge in [0.25, 0.3) is 5.91 Å².